The van der Waals surface area contributed by atoms with Crippen LogP contribution in [0.25, 0.3) is 0 Å². The number of aliphatic carboxylic acids is 1. The van der Waals surface area contributed by atoms with Gasteiger partial charge in [0, 0.05) is 11.2 Å². The number of rotatable bonds is 8. The molecule has 13 heavy (non-hydrogen) atoms. The molecule has 0 bridgehead atoms. The van der Waals surface area contributed by atoms with Crippen LogP contribution in [0, 0.1) is 0 Å². The van der Waals surface area contributed by atoms with Gasteiger partial charge in [-0.15, -0.1) is 0 Å². The Labute approximate surface area is 88.8 Å². The van der Waals surface area contributed by atoms with Crippen LogP contribution in [-0.2, 0) is 4.79 Å². The predicted octanol–water partition coefficient (Wildman–Crippen LogP) is 3.59. The molecule has 0 unspecified atom stereocenters. The van der Waals surface area contributed by atoms with E-state index in [9.17, 15) is 4.79 Å². The molecule has 2 nitrogen and oxygen atoms in total. The predicted molar refractivity (Wildman–Crippen MR) is 58.3 cm³/mol. The molecule has 0 aromatic rings. The SMILES string of the molecule is C[C@@H](Br)CCCCCCCC(=O)O. The number of carboxylic acids is 1. The summed E-state index contributed by atoms with van der Waals surface area (Å²) < 4.78 is 0. The van der Waals surface area contributed by atoms with E-state index in [1.165, 1.54) is 25.7 Å². The van der Waals surface area contributed by atoms with Gasteiger partial charge in [-0.05, 0) is 12.8 Å². The zero-order chi connectivity index (χ0) is 10.1. The molecule has 0 aliphatic heterocycles. The second-order valence-electron chi connectivity index (χ2n) is 3.48. The van der Waals surface area contributed by atoms with Gasteiger partial charge in [0.1, 0.15) is 0 Å². The van der Waals surface area contributed by atoms with Crippen LogP contribution >= 0.6 is 15.9 Å². The zero-order valence-electron chi connectivity index (χ0n) is 8.26. The monoisotopic (exact) mass is 250 g/mol. The molecule has 0 aromatic heterocycles. The molecule has 0 radical (unpaired) electrons. The Bertz CT molecular complexity index is 135. The molecule has 0 amide bonds. The first-order chi connectivity index (χ1) is 6.13. The molecule has 0 saturated carbocycles. The van der Waals surface area contributed by atoms with Crippen LogP contribution < -0.4 is 0 Å². The quantitative estimate of drug-likeness (QED) is 0.528. The molecule has 1 atom stereocenters. The number of carboxylic acid groups (broad SMARTS) is 1. The van der Waals surface area contributed by atoms with Crippen molar-refractivity contribution in [2.75, 3.05) is 0 Å². The van der Waals surface area contributed by atoms with Crippen molar-refractivity contribution in [2.45, 2.75) is 56.7 Å². The van der Waals surface area contributed by atoms with Crippen molar-refractivity contribution in [3.63, 3.8) is 0 Å². The highest BCUT2D eigenvalue weighted by molar-refractivity contribution is 9.09. The van der Waals surface area contributed by atoms with Gasteiger partial charge >= 0.3 is 5.97 Å². The molecule has 0 heterocycles. The Kier molecular flexibility index (Phi) is 8.51. The summed E-state index contributed by atoms with van der Waals surface area (Å²) in [6.07, 6.45) is 7.10. The smallest absolute Gasteiger partial charge is 0.303 e. The molecule has 0 rings (SSSR count). The standard InChI is InChI=1S/C10H19BrO2/c1-9(11)7-5-3-2-4-6-8-10(12)13/h9H,2-8H2,1H3,(H,12,13)/t9-/m1/s1. The summed E-state index contributed by atoms with van der Waals surface area (Å²) in [5, 5.41) is 8.38. The third-order valence-electron chi connectivity index (χ3n) is 1.99. The van der Waals surface area contributed by atoms with Crippen molar-refractivity contribution in [2.24, 2.45) is 0 Å². The van der Waals surface area contributed by atoms with E-state index in [1.54, 1.807) is 0 Å². The van der Waals surface area contributed by atoms with E-state index < -0.39 is 5.97 Å². The van der Waals surface area contributed by atoms with Crippen LogP contribution in [0.5, 0.6) is 0 Å². The molecule has 3 heteroatoms. The second-order valence-corrected chi connectivity index (χ2v) is 5.04. The van der Waals surface area contributed by atoms with Gasteiger partial charge in [-0.2, -0.15) is 0 Å². The Balaban J connectivity index is 2.96. The Morgan fingerprint density at radius 3 is 2.31 bits per heavy atom. The third kappa shape index (κ3) is 12.0. The minimum atomic E-state index is -0.672. The first-order valence-corrected chi connectivity index (χ1v) is 5.90. The van der Waals surface area contributed by atoms with Crippen molar-refractivity contribution in [1.29, 1.82) is 0 Å². The van der Waals surface area contributed by atoms with Gasteiger partial charge in [-0.3, -0.25) is 4.79 Å². The Hall–Kier alpha value is -0.0500. The van der Waals surface area contributed by atoms with E-state index in [1.807, 2.05) is 0 Å². The molecule has 0 spiro atoms. The van der Waals surface area contributed by atoms with Crippen molar-refractivity contribution >= 4 is 21.9 Å². The maximum Gasteiger partial charge on any atom is 0.303 e. The Morgan fingerprint density at radius 1 is 1.23 bits per heavy atom. The maximum atomic E-state index is 10.2. The molecule has 0 aliphatic carbocycles. The average molecular weight is 251 g/mol. The summed E-state index contributed by atoms with van der Waals surface area (Å²) in [4.78, 5) is 10.8. The van der Waals surface area contributed by atoms with E-state index in [2.05, 4.69) is 22.9 Å². The van der Waals surface area contributed by atoms with Gasteiger partial charge in [-0.25, -0.2) is 0 Å². The van der Waals surface area contributed by atoms with Crippen LogP contribution in [-0.4, -0.2) is 15.9 Å². The summed E-state index contributed by atoms with van der Waals surface area (Å²) >= 11 is 3.50. The van der Waals surface area contributed by atoms with Crippen LogP contribution in [0.1, 0.15) is 51.9 Å². The van der Waals surface area contributed by atoms with Crippen molar-refractivity contribution in [3.05, 3.63) is 0 Å². The molecule has 1 N–H and O–H groups in total. The van der Waals surface area contributed by atoms with E-state index in [0.29, 0.717) is 11.2 Å². The Morgan fingerprint density at radius 2 is 1.77 bits per heavy atom. The third-order valence-corrected chi connectivity index (χ3v) is 2.45. The number of alkyl halides is 1. The molecule has 0 saturated heterocycles. The highest BCUT2D eigenvalue weighted by Crippen LogP contribution is 2.12. The van der Waals surface area contributed by atoms with E-state index in [0.717, 1.165) is 12.8 Å². The fourth-order valence-electron chi connectivity index (χ4n) is 1.23. The van der Waals surface area contributed by atoms with Gasteiger partial charge < -0.3 is 5.11 Å². The van der Waals surface area contributed by atoms with Gasteiger partial charge in [0.05, 0.1) is 0 Å². The molecule has 0 aliphatic rings. The second kappa shape index (κ2) is 8.54. The normalized spacial score (nSPS) is 12.8. The van der Waals surface area contributed by atoms with Crippen LogP contribution in [0.2, 0.25) is 0 Å². The lowest BCUT2D eigenvalue weighted by molar-refractivity contribution is -0.137. The molecule has 78 valence electrons. The van der Waals surface area contributed by atoms with Gasteiger partial charge in [0.2, 0.25) is 0 Å². The topological polar surface area (TPSA) is 37.3 Å². The summed E-state index contributed by atoms with van der Waals surface area (Å²) in [6.45, 7) is 2.16. The van der Waals surface area contributed by atoms with Crippen molar-refractivity contribution in [3.8, 4) is 0 Å². The lowest BCUT2D eigenvalue weighted by Gasteiger charge is -2.02. The highest BCUT2D eigenvalue weighted by atomic mass is 79.9. The minimum Gasteiger partial charge on any atom is -0.481 e. The molecule has 0 aromatic carbocycles. The van der Waals surface area contributed by atoms with Crippen LogP contribution in [0.15, 0.2) is 0 Å². The summed E-state index contributed by atoms with van der Waals surface area (Å²) in [5.74, 6) is -0.672. The fourth-order valence-corrected chi connectivity index (χ4v) is 1.56. The minimum absolute atomic E-state index is 0.328. The lowest BCUT2D eigenvalue weighted by Crippen LogP contribution is -1.94. The number of hydrogen-bond acceptors (Lipinski definition) is 1. The highest BCUT2D eigenvalue weighted by Gasteiger charge is 1.97. The van der Waals surface area contributed by atoms with Crippen LogP contribution in [0.3, 0.4) is 0 Å². The van der Waals surface area contributed by atoms with E-state index >= 15 is 0 Å². The largest absolute Gasteiger partial charge is 0.481 e. The number of carbonyl (C=O) groups is 1. The molecular formula is C10H19BrO2. The van der Waals surface area contributed by atoms with Gasteiger partial charge in [0.25, 0.3) is 0 Å². The van der Waals surface area contributed by atoms with Crippen molar-refractivity contribution < 1.29 is 9.90 Å². The lowest BCUT2D eigenvalue weighted by atomic mass is 10.1. The molecule has 0 fully saturated rings. The molecular weight excluding hydrogens is 232 g/mol. The van der Waals surface area contributed by atoms with Gasteiger partial charge in [-0.1, -0.05) is 48.5 Å². The summed E-state index contributed by atoms with van der Waals surface area (Å²) in [7, 11) is 0. The number of unbranched alkanes of at least 4 members (excludes halogenated alkanes) is 4. The number of hydrogen-bond donors (Lipinski definition) is 1. The summed E-state index contributed by atoms with van der Waals surface area (Å²) in [5.41, 5.74) is 0. The number of halogens is 1. The van der Waals surface area contributed by atoms with Gasteiger partial charge in [0.15, 0.2) is 0 Å². The summed E-state index contributed by atoms with van der Waals surface area (Å²) in [6, 6.07) is 0. The first kappa shape index (κ1) is 12.9. The average Bonchev–Trinajstić information content (AvgIpc) is 2.01. The van der Waals surface area contributed by atoms with E-state index in [-0.39, 0.29) is 0 Å². The van der Waals surface area contributed by atoms with Crippen molar-refractivity contribution in [1.82, 2.24) is 0 Å². The zero-order valence-corrected chi connectivity index (χ0v) is 9.85. The van der Waals surface area contributed by atoms with E-state index in [4.69, 9.17) is 5.11 Å². The maximum absolute atomic E-state index is 10.2. The fraction of sp³-hybridized carbons (Fsp3) is 0.900. The van der Waals surface area contributed by atoms with Crippen LogP contribution in [0.4, 0.5) is 0 Å². The first-order valence-electron chi connectivity index (χ1n) is 4.99.